The third-order valence-electron chi connectivity index (χ3n) is 3.66. The second-order valence-electron chi connectivity index (χ2n) is 5.16. The Labute approximate surface area is 117 Å². The van der Waals surface area contributed by atoms with Gasteiger partial charge in [-0.1, -0.05) is 0 Å². The molecule has 0 bridgehead atoms. The SMILES string of the molecule is COCCC1(CNC(=O)c2ccc(C(=O)O)nc2)CC1. The summed E-state index contributed by atoms with van der Waals surface area (Å²) in [5.74, 6) is -1.33. The van der Waals surface area contributed by atoms with Crippen LogP contribution < -0.4 is 5.32 Å². The van der Waals surface area contributed by atoms with Crippen LogP contribution in [-0.2, 0) is 4.74 Å². The normalized spacial score (nSPS) is 15.7. The minimum absolute atomic E-state index is 0.0692. The van der Waals surface area contributed by atoms with Crippen LogP contribution in [0.25, 0.3) is 0 Å². The van der Waals surface area contributed by atoms with Crippen LogP contribution in [0, 0.1) is 5.41 Å². The van der Waals surface area contributed by atoms with Crippen molar-refractivity contribution in [1.29, 1.82) is 0 Å². The number of carboxylic acids is 1. The smallest absolute Gasteiger partial charge is 0.354 e. The largest absolute Gasteiger partial charge is 0.477 e. The molecule has 0 saturated heterocycles. The molecule has 1 aromatic heterocycles. The first-order valence-electron chi connectivity index (χ1n) is 6.53. The molecular formula is C14H18N2O4. The first-order valence-corrected chi connectivity index (χ1v) is 6.53. The summed E-state index contributed by atoms with van der Waals surface area (Å²) in [6.45, 7) is 1.32. The van der Waals surface area contributed by atoms with E-state index in [9.17, 15) is 9.59 Å². The number of rotatable bonds is 7. The highest BCUT2D eigenvalue weighted by atomic mass is 16.5. The number of ether oxygens (including phenoxy) is 1. The Bertz CT molecular complexity index is 494. The van der Waals surface area contributed by atoms with E-state index in [-0.39, 0.29) is 17.0 Å². The second-order valence-corrected chi connectivity index (χ2v) is 5.16. The molecule has 1 fully saturated rings. The number of aromatic nitrogens is 1. The molecule has 0 atom stereocenters. The van der Waals surface area contributed by atoms with Crippen LogP contribution in [0.1, 0.15) is 40.1 Å². The van der Waals surface area contributed by atoms with Crippen LogP contribution in [0.2, 0.25) is 0 Å². The molecule has 1 saturated carbocycles. The van der Waals surface area contributed by atoms with Crippen molar-refractivity contribution in [2.75, 3.05) is 20.3 Å². The highest BCUT2D eigenvalue weighted by molar-refractivity contribution is 5.94. The minimum atomic E-state index is -1.10. The number of methoxy groups -OCH3 is 1. The van der Waals surface area contributed by atoms with E-state index in [1.165, 1.54) is 18.3 Å². The Hall–Kier alpha value is -1.95. The quantitative estimate of drug-likeness (QED) is 0.785. The zero-order valence-corrected chi connectivity index (χ0v) is 11.4. The van der Waals surface area contributed by atoms with Gasteiger partial charge in [0.2, 0.25) is 0 Å². The number of pyridine rings is 1. The zero-order valence-electron chi connectivity index (χ0n) is 11.4. The molecule has 6 nitrogen and oxygen atoms in total. The Kier molecular flexibility index (Phi) is 4.34. The average Bonchev–Trinajstić information content (AvgIpc) is 3.23. The van der Waals surface area contributed by atoms with E-state index in [1.807, 2.05) is 0 Å². The summed E-state index contributed by atoms with van der Waals surface area (Å²) in [7, 11) is 1.67. The fraction of sp³-hybridized carbons (Fsp3) is 0.500. The molecule has 0 radical (unpaired) electrons. The van der Waals surface area contributed by atoms with Gasteiger partial charge in [-0.2, -0.15) is 0 Å². The summed E-state index contributed by atoms with van der Waals surface area (Å²) in [4.78, 5) is 26.3. The van der Waals surface area contributed by atoms with E-state index < -0.39 is 5.97 Å². The molecule has 1 aromatic rings. The number of nitrogens with one attached hydrogen (secondary N) is 1. The van der Waals surface area contributed by atoms with Gasteiger partial charge in [-0.15, -0.1) is 0 Å². The fourth-order valence-electron chi connectivity index (χ4n) is 2.04. The summed E-state index contributed by atoms with van der Waals surface area (Å²) in [5, 5.41) is 11.6. The summed E-state index contributed by atoms with van der Waals surface area (Å²) < 4.78 is 5.07. The topological polar surface area (TPSA) is 88.5 Å². The zero-order chi connectivity index (χ0) is 14.6. The van der Waals surface area contributed by atoms with Crippen LogP contribution >= 0.6 is 0 Å². The molecule has 0 aromatic carbocycles. The van der Waals surface area contributed by atoms with Crippen LogP contribution in [0.5, 0.6) is 0 Å². The highest BCUT2D eigenvalue weighted by Crippen LogP contribution is 2.48. The number of carboxylic acid groups (broad SMARTS) is 1. The maximum Gasteiger partial charge on any atom is 0.354 e. The van der Waals surface area contributed by atoms with E-state index in [2.05, 4.69) is 10.3 Å². The van der Waals surface area contributed by atoms with Crippen molar-refractivity contribution in [2.24, 2.45) is 5.41 Å². The molecule has 0 aliphatic heterocycles. The van der Waals surface area contributed by atoms with Crippen molar-refractivity contribution in [3.8, 4) is 0 Å². The summed E-state index contributed by atoms with van der Waals surface area (Å²) in [6, 6.07) is 2.80. The Morgan fingerprint density at radius 2 is 2.20 bits per heavy atom. The van der Waals surface area contributed by atoms with E-state index in [0.29, 0.717) is 18.7 Å². The molecule has 108 valence electrons. The van der Waals surface area contributed by atoms with E-state index in [1.54, 1.807) is 7.11 Å². The highest BCUT2D eigenvalue weighted by Gasteiger charge is 2.42. The molecule has 6 heteroatoms. The first kappa shape index (κ1) is 14.5. The van der Waals surface area contributed by atoms with Crippen molar-refractivity contribution < 1.29 is 19.4 Å². The fourth-order valence-corrected chi connectivity index (χ4v) is 2.04. The van der Waals surface area contributed by atoms with Crippen LogP contribution in [-0.4, -0.2) is 42.2 Å². The standard InChI is InChI=1S/C14H18N2O4/c1-20-7-6-14(4-5-14)9-16-12(17)10-2-3-11(13(18)19)15-8-10/h2-3,8H,4-7,9H2,1H3,(H,16,17)(H,18,19). The maximum absolute atomic E-state index is 11.9. The van der Waals surface area contributed by atoms with Gasteiger partial charge >= 0.3 is 5.97 Å². The van der Waals surface area contributed by atoms with E-state index in [4.69, 9.17) is 9.84 Å². The molecule has 1 heterocycles. The summed E-state index contributed by atoms with van der Waals surface area (Å²) in [5.41, 5.74) is 0.484. The van der Waals surface area contributed by atoms with Crippen LogP contribution in [0.4, 0.5) is 0 Å². The van der Waals surface area contributed by atoms with Gasteiger partial charge in [0.1, 0.15) is 5.69 Å². The van der Waals surface area contributed by atoms with Crippen molar-refractivity contribution in [1.82, 2.24) is 10.3 Å². The predicted octanol–water partition coefficient (Wildman–Crippen LogP) is 1.33. The number of aromatic carboxylic acids is 1. The van der Waals surface area contributed by atoms with Gasteiger partial charge < -0.3 is 15.2 Å². The second kappa shape index (κ2) is 6.00. The lowest BCUT2D eigenvalue weighted by atomic mass is 10.0. The van der Waals surface area contributed by atoms with Gasteiger partial charge in [-0.05, 0) is 36.8 Å². The number of hydrogen-bond acceptors (Lipinski definition) is 4. The first-order chi connectivity index (χ1) is 9.56. The average molecular weight is 278 g/mol. The Morgan fingerprint density at radius 3 is 2.70 bits per heavy atom. The lowest BCUT2D eigenvalue weighted by molar-refractivity contribution is 0.0689. The minimum Gasteiger partial charge on any atom is -0.477 e. The van der Waals surface area contributed by atoms with Gasteiger partial charge in [-0.3, -0.25) is 4.79 Å². The molecule has 2 rings (SSSR count). The van der Waals surface area contributed by atoms with Gasteiger partial charge in [0, 0.05) is 26.5 Å². The summed E-state index contributed by atoms with van der Waals surface area (Å²) >= 11 is 0. The van der Waals surface area contributed by atoms with Crippen molar-refractivity contribution in [3.05, 3.63) is 29.6 Å². The molecule has 1 aliphatic rings. The predicted molar refractivity (Wildman–Crippen MR) is 71.7 cm³/mol. The number of hydrogen-bond donors (Lipinski definition) is 2. The van der Waals surface area contributed by atoms with E-state index in [0.717, 1.165) is 19.3 Å². The number of carbonyl (C=O) groups is 2. The Balaban J connectivity index is 1.87. The molecule has 20 heavy (non-hydrogen) atoms. The molecular weight excluding hydrogens is 260 g/mol. The van der Waals surface area contributed by atoms with E-state index >= 15 is 0 Å². The van der Waals surface area contributed by atoms with Crippen molar-refractivity contribution in [2.45, 2.75) is 19.3 Å². The maximum atomic E-state index is 11.9. The van der Waals surface area contributed by atoms with Gasteiger partial charge in [0.25, 0.3) is 5.91 Å². The van der Waals surface area contributed by atoms with Crippen molar-refractivity contribution >= 4 is 11.9 Å². The molecule has 1 aliphatic carbocycles. The van der Waals surface area contributed by atoms with Gasteiger partial charge in [-0.25, -0.2) is 9.78 Å². The lowest BCUT2D eigenvalue weighted by Crippen LogP contribution is -2.31. The number of amides is 1. The van der Waals surface area contributed by atoms with Gasteiger partial charge in [0.15, 0.2) is 0 Å². The lowest BCUT2D eigenvalue weighted by Gasteiger charge is -2.15. The third kappa shape index (κ3) is 3.54. The summed E-state index contributed by atoms with van der Waals surface area (Å²) in [6.07, 6.45) is 4.44. The Morgan fingerprint density at radius 1 is 1.45 bits per heavy atom. The molecule has 1 amide bonds. The number of carbonyl (C=O) groups excluding carboxylic acids is 1. The van der Waals surface area contributed by atoms with Crippen LogP contribution in [0.3, 0.4) is 0 Å². The molecule has 0 unspecified atom stereocenters. The van der Waals surface area contributed by atoms with Crippen LogP contribution in [0.15, 0.2) is 18.3 Å². The monoisotopic (exact) mass is 278 g/mol. The number of nitrogens with zero attached hydrogens (tertiary/aromatic N) is 1. The van der Waals surface area contributed by atoms with Gasteiger partial charge in [0.05, 0.1) is 5.56 Å². The molecule has 2 N–H and O–H groups in total. The molecule has 0 spiro atoms. The van der Waals surface area contributed by atoms with Crippen molar-refractivity contribution in [3.63, 3.8) is 0 Å². The third-order valence-corrected chi connectivity index (χ3v) is 3.66.